The molecular weight excluding hydrogens is 172 g/mol. The lowest BCUT2D eigenvalue weighted by Gasteiger charge is -2.42. The van der Waals surface area contributed by atoms with Crippen molar-refractivity contribution >= 4 is 0 Å². The van der Waals surface area contributed by atoms with E-state index >= 15 is 0 Å². The lowest BCUT2D eigenvalue weighted by Crippen LogP contribution is -2.54. The van der Waals surface area contributed by atoms with Crippen molar-refractivity contribution in [2.45, 2.75) is 57.0 Å². The molecule has 0 radical (unpaired) electrons. The predicted molar refractivity (Wildman–Crippen MR) is 60.2 cm³/mol. The van der Waals surface area contributed by atoms with Gasteiger partial charge in [-0.2, -0.15) is 0 Å². The summed E-state index contributed by atoms with van der Waals surface area (Å²) in [7, 11) is 2.29. The van der Waals surface area contributed by atoms with Gasteiger partial charge in [0.05, 0.1) is 0 Å². The third-order valence-electron chi connectivity index (χ3n) is 4.55. The maximum atomic E-state index is 5.97. The minimum Gasteiger partial charge on any atom is -0.329 e. The minimum atomic E-state index is 0.287. The summed E-state index contributed by atoms with van der Waals surface area (Å²) in [6, 6.07) is 0.809. The molecule has 0 heterocycles. The van der Waals surface area contributed by atoms with E-state index in [9.17, 15) is 0 Å². The maximum Gasteiger partial charge on any atom is 0.0331 e. The second kappa shape index (κ2) is 3.82. The molecule has 0 aromatic heterocycles. The van der Waals surface area contributed by atoms with Crippen LogP contribution < -0.4 is 5.73 Å². The SMILES string of the molecule is CN(C1CCCC1)C(C)(CN)C1CC1. The van der Waals surface area contributed by atoms with Gasteiger partial charge in [-0.3, -0.25) is 4.90 Å². The van der Waals surface area contributed by atoms with Gasteiger partial charge >= 0.3 is 0 Å². The van der Waals surface area contributed by atoms with Crippen LogP contribution in [0.5, 0.6) is 0 Å². The lowest BCUT2D eigenvalue weighted by molar-refractivity contribution is 0.0750. The second-order valence-electron chi connectivity index (χ2n) is 5.38. The van der Waals surface area contributed by atoms with Crippen LogP contribution in [0.3, 0.4) is 0 Å². The topological polar surface area (TPSA) is 29.3 Å². The normalized spacial score (nSPS) is 28.3. The van der Waals surface area contributed by atoms with Crippen LogP contribution in [0.25, 0.3) is 0 Å². The zero-order chi connectivity index (χ0) is 10.2. The molecule has 0 saturated heterocycles. The summed E-state index contributed by atoms with van der Waals surface area (Å²) in [6.07, 6.45) is 8.40. The zero-order valence-electron chi connectivity index (χ0n) is 9.63. The van der Waals surface area contributed by atoms with E-state index in [1.807, 2.05) is 0 Å². The van der Waals surface area contributed by atoms with E-state index in [2.05, 4.69) is 18.9 Å². The van der Waals surface area contributed by atoms with Crippen molar-refractivity contribution in [1.29, 1.82) is 0 Å². The van der Waals surface area contributed by atoms with Gasteiger partial charge in [0.1, 0.15) is 0 Å². The van der Waals surface area contributed by atoms with Gasteiger partial charge in [-0.05, 0) is 45.6 Å². The van der Waals surface area contributed by atoms with Crippen molar-refractivity contribution in [3.05, 3.63) is 0 Å². The number of nitrogens with two attached hydrogens (primary N) is 1. The molecule has 0 aromatic rings. The molecule has 2 fully saturated rings. The lowest BCUT2D eigenvalue weighted by atomic mass is 9.92. The third kappa shape index (κ3) is 1.70. The quantitative estimate of drug-likeness (QED) is 0.745. The van der Waals surface area contributed by atoms with Crippen LogP contribution in [0.15, 0.2) is 0 Å². The van der Waals surface area contributed by atoms with Crippen LogP contribution in [0.4, 0.5) is 0 Å². The van der Waals surface area contributed by atoms with Crippen LogP contribution >= 0.6 is 0 Å². The molecule has 0 bridgehead atoms. The predicted octanol–water partition coefficient (Wildman–Crippen LogP) is 1.99. The fourth-order valence-electron chi connectivity index (χ4n) is 3.01. The van der Waals surface area contributed by atoms with Gasteiger partial charge in [0, 0.05) is 18.1 Å². The monoisotopic (exact) mass is 196 g/mol. The summed E-state index contributed by atoms with van der Waals surface area (Å²) in [6.45, 7) is 3.19. The molecule has 2 nitrogen and oxygen atoms in total. The highest BCUT2D eigenvalue weighted by molar-refractivity contribution is 5.01. The van der Waals surface area contributed by atoms with Gasteiger partial charge in [0.15, 0.2) is 0 Å². The molecule has 82 valence electrons. The third-order valence-corrected chi connectivity index (χ3v) is 4.55. The molecule has 2 heteroatoms. The van der Waals surface area contributed by atoms with E-state index < -0.39 is 0 Å². The molecule has 2 N–H and O–H groups in total. The molecule has 2 aliphatic rings. The van der Waals surface area contributed by atoms with Gasteiger partial charge in [0.25, 0.3) is 0 Å². The Morgan fingerprint density at radius 3 is 2.21 bits per heavy atom. The Morgan fingerprint density at radius 1 is 1.21 bits per heavy atom. The molecular formula is C12H24N2. The highest BCUT2D eigenvalue weighted by atomic mass is 15.2. The molecule has 0 spiro atoms. The molecule has 1 unspecified atom stereocenters. The summed E-state index contributed by atoms with van der Waals surface area (Å²) in [5, 5.41) is 0. The van der Waals surface area contributed by atoms with Crippen molar-refractivity contribution < 1.29 is 0 Å². The maximum absolute atomic E-state index is 5.97. The molecule has 2 rings (SSSR count). The van der Waals surface area contributed by atoms with Gasteiger partial charge < -0.3 is 5.73 Å². The van der Waals surface area contributed by atoms with Crippen molar-refractivity contribution in [2.24, 2.45) is 11.7 Å². The molecule has 14 heavy (non-hydrogen) atoms. The number of likely N-dealkylation sites (N-methyl/N-ethyl adjacent to an activating group) is 1. The fraction of sp³-hybridized carbons (Fsp3) is 1.00. The Morgan fingerprint density at radius 2 is 1.79 bits per heavy atom. The fourth-order valence-corrected chi connectivity index (χ4v) is 3.01. The minimum absolute atomic E-state index is 0.287. The molecule has 2 saturated carbocycles. The Hall–Kier alpha value is -0.0800. The van der Waals surface area contributed by atoms with E-state index in [0.717, 1.165) is 18.5 Å². The van der Waals surface area contributed by atoms with E-state index in [0.29, 0.717) is 0 Å². The van der Waals surface area contributed by atoms with Crippen LogP contribution in [-0.4, -0.2) is 30.1 Å². The van der Waals surface area contributed by atoms with Gasteiger partial charge in [-0.25, -0.2) is 0 Å². The first-order valence-electron chi connectivity index (χ1n) is 6.11. The van der Waals surface area contributed by atoms with Crippen molar-refractivity contribution in [2.75, 3.05) is 13.6 Å². The Kier molecular flexibility index (Phi) is 2.85. The van der Waals surface area contributed by atoms with Crippen LogP contribution in [0.2, 0.25) is 0 Å². The smallest absolute Gasteiger partial charge is 0.0331 e. The summed E-state index contributed by atoms with van der Waals surface area (Å²) in [5.74, 6) is 0.873. The summed E-state index contributed by atoms with van der Waals surface area (Å²) in [5.41, 5.74) is 6.26. The Bertz CT molecular complexity index is 194. The average molecular weight is 196 g/mol. The number of hydrogen-bond donors (Lipinski definition) is 1. The van der Waals surface area contributed by atoms with E-state index in [-0.39, 0.29) is 5.54 Å². The van der Waals surface area contributed by atoms with E-state index in [1.54, 1.807) is 0 Å². The highest BCUT2D eigenvalue weighted by Gasteiger charge is 2.45. The largest absolute Gasteiger partial charge is 0.329 e. The number of nitrogens with zero attached hydrogens (tertiary/aromatic N) is 1. The number of hydrogen-bond acceptors (Lipinski definition) is 2. The van der Waals surface area contributed by atoms with Gasteiger partial charge in [0.2, 0.25) is 0 Å². The van der Waals surface area contributed by atoms with Crippen molar-refractivity contribution in [3.8, 4) is 0 Å². The first kappa shape index (κ1) is 10.4. The second-order valence-corrected chi connectivity index (χ2v) is 5.38. The van der Waals surface area contributed by atoms with Gasteiger partial charge in [-0.1, -0.05) is 12.8 Å². The zero-order valence-corrected chi connectivity index (χ0v) is 9.63. The van der Waals surface area contributed by atoms with Gasteiger partial charge in [-0.15, -0.1) is 0 Å². The molecule has 0 aliphatic heterocycles. The average Bonchev–Trinajstić information content (AvgIpc) is 2.92. The standard InChI is InChI=1S/C12H24N2/c1-12(9-13,10-7-8-10)14(2)11-5-3-4-6-11/h10-11H,3-9,13H2,1-2H3. The molecule has 2 aliphatic carbocycles. The van der Waals surface area contributed by atoms with Crippen molar-refractivity contribution in [3.63, 3.8) is 0 Å². The first-order chi connectivity index (χ1) is 6.68. The first-order valence-corrected chi connectivity index (χ1v) is 6.11. The molecule has 0 amide bonds. The molecule has 1 atom stereocenters. The Balaban J connectivity index is 2.02. The summed E-state index contributed by atoms with van der Waals surface area (Å²) in [4.78, 5) is 2.59. The Labute approximate surface area is 87.8 Å². The van der Waals surface area contributed by atoms with E-state index in [4.69, 9.17) is 5.73 Å². The summed E-state index contributed by atoms with van der Waals surface area (Å²) < 4.78 is 0. The summed E-state index contributed by atoms with van der Waals surface area (Å²) >= 11 is 0. The van der Waals surface area contributed by atoms with Crippen LogP contribution in [-0.2, 0) is 0 Å². The van der Waals surface area contributed by atoms with Crippen LogP contribution in [0.1, 0.15) is 45.4 Å². The van der Waals surface area contributed by atoms with E-state index in [1.165, 1.54) is 38.5 Å². The molecule has 0 aromatic carbocycles. The van der Waals surface area contributed by atoms with Crippen molar-refractivity contribution in [1.82, 2.24) is 4.90 Å². The number of rotatable bonds is 4. The highest BCUT2D eigenvalue weighted by Crippen LogP contribution is 2.44. The van der Waals surface area contributed by atoms with Crippen LogP contribution in [0, 0.1) is 5.92 Å².